The zero-order valence-corrected chi connectivity index (χ0v) is 8.87. The Bertz CT molecular complexity index is 371. The van der Waals surface area contributed by atoms with E-state index in [2.05, 4.69) is 24.3 Å². The van der Waals surface area contributed by atoms with E-state index in [1.165, 1.54) is 30.6 Å². The van der Waals surface area contributed by atoms with Gasteiger partial charge in [0, 0.05) is 11.5 Å². The van der Waals surface area contributed by atoms with Gasteiger partial charge in [-0.3, -0.25) is 4.39 Å². The molecule has 0 amide bonds. The minimum atomic E-state index is 0.500. The summed E-state index contributed by atoms with van der Waals surface area (Å²) in [6.07, 6.45) is 5.97. The predicted molar refractivity (Wildman–Crippen MR) is 58.8 cm³/mol. The van der Waals surface area contributed by atoms with Gasteiger partial charge in [0.15, 0.2) is 0 Å². The summed E-state index contributed by atoms with van der Waals surface area (Å²) in [7, 11) is 0.500. The molecule has 1 aromatic carbocycles. The van der Waals surface area contributed by atoms with E-state index in [0.717, 1.165) is 5.75 Å². The second kappa shape index (κ2) is 4.47. The summed E-state index contributed by atoms with van der Waals surface area (Å²) in [6.45, 7) is 0. The molecule has 1 aromatic rings. The van der Waals surface area contributed by atoms with Crippen LogP contribution in [0.15, 0.2) is 36.1 Å². The van der Waals surface area contributed by atoms with Gasteiger partial charge in [0.2, 0.25) is 0 Å². The molecule has 0 fully saturated rings. The molecule has 0 spiro atoms. The highest BCUT2D eigenvalue weighted by Gasteiger charge is 2.30. The highest BCUT2D eigenvalue weighted by molar-refractivity contribution is 5.46. The first kappa shape index (κ1) is 10.2. The summed E-state index contributed by atoms with van der Waals surface area (Å²) in [6, 6.07) is 8.39. The molecule has 1 heterocycles. The molecule has 80 valence electrons. The molecule has 1 aliphatic heterocycles. The molecule has 1 atom stereocenters. The van der Waals surface area contributed by atoms with E-state index < -0.39 is 0 Å². The number of rotatable bonds is 0. The van der Waals surface area contributed by atoms with Crippen molar-refractivity contribution in [3.8, 4) is 5.75 Å². The first-order chi connectivity index (χ1) is 7.45. The maximum Gasteiger partial charge on any atom is 0.130 e. The van der Waals surface area contributed by atoms with E-state index in [1.54, 1.807) is 0 Å². The molecule has 0 aromatic heterocycles. The Balaban J connectivity index is 0.000000404. The smallest absolute Gasteiger partial charge is 0.130 e. The lowest BCUT2D eigenvalue weighted by Crippen LogP contribution is -2.03. The van der Waals surface area contributed by atoms with Crippen LogP contribution >= 0.6 is 0 Å². The Morgan fingerprint density at radius 3 is 2.93 bits per heavy atom. The number of hydrogen-bond donors (Lipinski definition) is 0. The van der Waals surface area contributed by atoms with Crippen molar-refractivity contribution in [3.63, 3.8) is 0 Å². The molecule has 0 saturated heterocycles. The van der Waals surface area contributed by atoms with Crippen LogP contribution in [0.2, 0.25) is 0 Å². The molecular formula is C13H15FO. The third-order valence-corrected chi connectivity index (χ3v) is 2.91. The molecule has 1 unspecified atom stereocenters. The van der Waals surface area contributed by atoms with Crippen LogP contribution < -0.4 is 4.74 Å². The number of allylic oxidation sites excluding steroid dienone is 2. The van der Waals surface area contributed by atoms with E-state index in [-0.39, 0.29) is 0 Å². The zero-order chi connectivity index (χ0) is 10.7. The Morgan fingerprint density at radius 1 is 1.27 bits per heavy atom. The fourth-order valence-corrected chi connectivity index (χ4v) is 2.26. The van der Waals surface area contributed by atoms with Crippen molar-refractivity contribution in [1.82, 2.24) is 0 Å². The Hall–Kier alpha value is -1.31. The van der Waals surface area contributed by atoms with Gasteiger partial charge in [0.25, 0.3) is 0 Å². The van der Waals surface area contributed by atoms with Crippen molar-refractivity contribution in [2.75, 3.05) is 7.18 Å². The Labute approximate surface area is 89.6 Å². The van der Waals surface area contributed by atoms with Crippen LogP contribution in [0.3, 0.4) is 0 Å². The minimum Gasteiger partial charge on any atom is -0.461 e. The van der Waals surface area contributed by atoms with Gasteiger partial charge in [-0.15, -0.1) is 0 Å². The molecule has 1 nitrogen and oxygen atoms in total. The Morgan fingerprint density at radius 2 is 2.07 bits per heavy atom. The van der Waals surface area contributed by atoms with E-state index in [1.807, 2.05) is 6.07 Å². The van der Waals surface area contributed by atoms with Crippen molar-refractivity contribution in [3.05, 3.63) is 41.7 Å². The molecule has 0 saturated carbocycles. The fraction of sp³-hybridized carbons (Fsp3) is 0.385. The summed E-state index contributed by atoms with van der Waals surface area (Å²) in [5.41, 5.74) is 1.38. The van der Waals surface area contributed by atoms with Crippen molar-refractivity contribution in [2.45, 2.75) is 25.2 Å². The number of halogens is 1. The average molecular weight is 206 g/mol. The monoisotopic (exact) mass is 206 g/mol. The summed E-state index contributed by atoms with van der Waals surface area (Å²) < 4.78 is 15.3. The molecule has 1 aliphatic carbocycles. The maximum absolute atomic E-state index is 9.50. The van der Waals surface area contributed by atoms with Gasteiger partial charge in [-0.05, 0) is 31.4 Å². The van der Waals surface area contributed by atoms with Crippen molar-refractivity contribution < 1.29 is 9.13 Å². The normalized spacial score (nSPS) is 21.5. The van der Waals surface area contributed by atoms with Crippen LogP contribution in [0.25, 0.3) is 0 Å². The highest BCUT2D eigenvalue weighted by atomic mass is 19.1. The van der Waals surface area contributed by atoms with E-state index in [9.17, 15) is 4.39 Å². The van der Waals surface area contributed by atoms with Crippen molar-refractivity contribution in [2.24, 2.45) is 0 Å². The van der Waals surface area contributed by atoms with Crippen LogP contribution in [0.1, 0.15) is 30.7 Å². The van der Waals surface area contributed by atoms with Gasteiger partial charge >= 0.3 is 0 Å². The maximum atomic E-state index is 9.50. The number of hydrogen-bond acceptors (Lipinski definition) is 1. The second-order valence-electron chi connectivity index (χ2n) is 3.73. The van der Waals surface area contributed by atoms with Gasteiger partial charge in [-0.1, -0.05) is 18.2 Å². The minimum absolute atomic E-state index is 0.500. The van der Waals surface area contributed by atoms with Crippen LogP contribution in [0.5, 0.6) is 5.75 Å². The standard InChI is InChI=1S/C12H12O.CH3F/c1-3-7-11-9(5-1)10-6-2-4-8-12(10)13-11;1-2/h1,3,5,7-8,10H,2,4,6H2;1H3. The number of benzene rings is 1. The van der Waals surface area contributed by atoms with Gasteiger partial charge < -0.3 is 4.74 Å². The predicted octanol–water partition coefficient (Wildman–Crippen LogP) is 3.82. The van der Waals surface area contributed by atoms with Gasteiger partial charge in [0.1, 0.15) is 11.5 Å². The van der Waals surface area contributed by atoms with Crippen molar-refractivity contribution in [1.29, 1.82) is 0 Å². The molecule has 15 heavy (non-hydrogen) atoms. The number of fused-ring (bicyclic) bond motifs is 3. The van der Waals surface area contributed by atoms with Crippen molar-refractivity contribution >= 4 is 0 Å². The average Bonchev–Trinajstić information content (AvgIpc) is 2.70. The molecule has 2 aliphatic rings. The number of alkyl halides is 1. The van der Waals surface area contributed by atoms with E-state index >= 15 is 0 Å². The number of ether oxygens (including phenoxy) is 1. The second-order valence-corrected chi connectivity index (χ2v) is 3.73. The summed E-state index contributed by atoms with van der Waals surface area (Å²) in [4.78, 5) is 0. The quantitative estimate of drug-likeness (QED) is 0.627. The van der Waals surface area contributed by atoms with E-state index in [4.69, 9.17) is 4.74 Å². The molecule has 0 N–H and O–H groups in total. The zero-order valence-electron chi connectivity index (χ0n) is 8.87. The summed E-state index contributed by atoms with van der Waals surface area (Å²) in [5.74, 6) is 2.82. The first-order valence-electron chi connectivity index (χ1n) is 5.30. The topological polar surface area (TPSA) is 9.23 Å². The Kier molecular flexibility index (Phi) is 3.05. The SMILES string of the molecule is C1=C2Oc3ccccc3C2CCC1.CF. The lowest BCUT2D eigenvalue weighted by atomic mass is 9.89. The first-order valence-corrected chi connectivity index (χ1v) is 5.30. The van der Waals surface area contributed by atoms with Gasteiger partial charge in [-0.2, -0.15) is 0 Å². The lowest BCUT2D eigenvalue weighted by molar-refractivity contribution is 0.403. The lowest BCUT2D eigenvalue weighted by Gasteiger charge is -2.14. The number of para-hydroxylation sites is 1. The largest absolute Gasteiger partial charge is 0.461 e. The van der Waals surface area contributed by atoms with Crippen LogP contribution in [-0.2, 0) is 0 Å². The molecule has 2 heteroatoms. The molecule has 0 bridgehead atoms. The van der Waals surface area contributed by atoms with Crippen LogP contribution in [-0.4, -0.2) is 7.18 Å². The molecule has 3 rings (SSSR count). The van der Waals surface area contributed by atoms with Gasteiger partial charge in [-0.25, -0.2) is 0 Å². The third kappa shape index (κ3) is 1.76. The van der Waals surface area contributed by atoms with Gasteiger partial charge in [0.05, 0.1) is 7.18 Å². The summed E-state index contributed by atoms with van der Waals surface area (Å²) >= 11 is 0. The third-order valence-electron chi connectivity index (χ3n) is 2.91. The highest BCUT2D eigenvalue weighted by Crippen LogP contribution is 2.45. The fourth-order valence-electron chi connectivity index (χ4n) is 2.26. The summed E-state index contributed by atoms with van der Waals surface area (Å²) in [5, 5.41) is 0. The van der Waals surface area contributed by atoms with Crippen LogP contribution in [0.4, 0.5) is 4.39 Å². The molecule has 0 radical (unpaired) electrons. The van der Waals surface area contributed by atoms with E-state index in [0.29, 0.717) is 13.1 Å². The molecular weight excluding hydrogens is 191 g/mol. The van der Waals surface area contributed by atoms with Crippen LogP contribution in [0, 0.1) is 0 Å².